The minimum atomic E-state index is -0.653. The lowest BCUT2D eigenvalue weighted by Gasteiger charge is -2.21. The number of fused-ring (bicyclic) bond motifs is 1. The van der Waals surface area contributed by atoms with E-state index >= 15 is 0 Å². The molecule has 2 aromatic heterocycles. The summed E-state index contributed by atoms with van der Waals surface area (Å²) in [6, 6.07) is 9.28. The number of rotatable bonds is 6. The summed E-state index contributed by atoms with van der Waals surface area (Å²) >= 11 is 0. The lowest BCUT2D eigenvalue weighted by molar-refractivity contribution is -0.145. The summed E-state index contributed by atoms with van der Waals surface area (Å²) in [5.41, 5.74) is 3.54. The summed E-state index contributed by atoms with van der Waals surface area (Å²) in [6.07, 6.45) is 1.28. The third-order valence-electron chi connectivity index (χ3n) is 4.96. The van der Waals surface area contributed by atoms with Crippen molar-refractivity contribution < 1.29 is 23.8 Å². The number of nitrogens with zero attached hydrogens (tertiary/aromatic N) is 2. The van der Waals surface area contributed by atoms with Gasteiger partial charge in [-0.25, -0.2) is 14.2 Å². The maximum atomic E-state index is 13.4. The van der Waals surface area contributed by atoms with E-state index in [1.807, 2.05) is 52.0 Å². The minimum absolute atomic E-state index is 0.0972. The maximum absolute atomic E-state index is 13.4. The fourth-order valence-electron chi connectivity index (χ4n) is 3.79. The van der Waals surface area contributed by atoms with Crippen molar-refractivity contribution in [2.75, 3.05) is 13.2 Å². The van der Waals surface area contributed by atoms with E-state index in [1.165, 1.54) is 0 Å². The van der Waals surface area contributed by atoms with Gasteiger partial charge in [0.05, 0.1) is 17.8 Å². The number of carbonyl (C=O) groups is 2. The molecule has 176 valence electrons. The second-order valence-electron chi connectivity index (χ2n) is 9.19. The molecule has 0 saturated heterocycles. The molecule has 0 unspecified atom stereocenters. The topological polar surface area (TPSA) is 79.7 Å². The van der Waals surface area contributed by atoms with Gasteiger partial charge in [-0.2, -0.15) is 0 Å². The molecule has 3 aromatic rings. The average molecular weight is 453 g/mol. The highest BCUT2D eigenvalue weighted by molar-refractivity contribution is 6.00. The third kappa shape index (κ3) is 5.53. The fourth-order valence-corrected chi connectivity index (χ4v) is 3.79. The van der Waals surface area contributed by atoms with Crippen molar-refractivity contribution in [2.24, 2.45) is 0 Å². The Balaban J connectivity index is 2.23. The van der Waals surface area contributed by atoms with Gasteiger partial charge < -0.3 is 14.2 Å². The van der Waals surface area contributed by atoms with Crippen LogP contribution in [0.2, 0.25) is 0 Å². The van der Waals surface area contributed by atoms with Crippen molar-refractivity contribution >= 4 is 23.0 Å². The van der Waals surface area contributed by atoms with Crippen LogP contribution in [0.1, 0.15) is 58.7 Å². The van der Waals surface area contributed by atoms with Gasteiger partial charge in [-0.05, 0) is 76.4 Å². The Kier molecular flexibility index (Phi) is 7.10. The van der Waals surface area contributed by atoms with Crippen LogP contribution in [0.4, 0.5) is 4.79 Å². The van der Waals surface area contributed by atoms with E-state index in [0.29, 0.717) is 17.9 Å². The zero-order valence-electron chi connectivity index (χ0n) is 20.4. The molecule has 0 radical (unpaired) electrons. The van der Waals surface area contributed by atoms with Crippen LogP contribution in [0.15, 0.2) is 36.5 Å². The molecule has 7 nitrogen and oxygen atoms in total. The van der Waals surface area contributed by atoms with E-state index in [-0.39, 0.29) is 12.5 Å². The van der Waals surface area contributed by atoms with E-state index in [1.54, 1.807) is 23.8 Å². The zero-order chi connectivity index (χ0) is 24.3. The van der Waals surface area contributed by atoms with E-state index in [4.69, 9.17) is 14.2 Å². The standard InChI is InChI=1S/C26H32N2O5/c1-8-31-22(29)15-32-19-9-10-21-20(14-19)23(16(2)3)24(18-11-12-27-17(4)13-18)28(21)25(30)33-26(5,6)7/h9-14,16H,8,15H2,1-7H3. The first kappa shape index (κ1) is 24.3. The number of esters is 1. The highest BCUT2D eigenvalue weighted by Gasteiger charge is 2.28. The molecule has 3 rings (SSSR count). The molecule has 1 aromatic carbocycles. The molecular formula is C26H32N2O5. The van der Waals surface area contributed by atoms with Crippen molar-refractivity contribution in [1.29, 1.82) is 0 Å². The summed E-state index contributed by atoms with van der Waals surface area (Å²) in [5.74, 6) is 0.192. The van der Waals surface area contributed by atoms with E-state index in [9.17, 15) is 9.59 Å². The number of hydrogen-bond acceptors (Lipinski definition) is 6. The first-order valence-corrected chi connectivity index (χ1v) is 11.1. The Bertz CT molecular complexity index is 1170. The number of carbonyl (C=O) groups excluding carboxylic acids is 2. The van der Waals surface area contributed by atoms with Crippen LogP contribution in [0, 0.1) is 6.92 Å². The Hall–Kier alpha value is -3.35. The third-order valence-corrected chi connectivity index (χ3v) is 4.96. The van der Waals surface area contributed by atoms with Crippen molar-refractivity contribution in [3.05, 3.63) is 47.8 Å². The molecule has 33 heavy (non-hydrogen) atoms. The molecule has 0 aliphatic heterocycles. The summed E-state index contributed by atoms with van der Waals surface area (Å²) in [4.78, 5) is 29.4. The zero-order valence-corrected chi connectivity index (χ0v) is 20.4. The van der Waals surface area contributed by atoms with Crippen molar-refractivity contribution in [3.63, 3.8) is 0 Å². The van der Waals surface area contributed by atoms with Crippen molar-refractivity contribution in [1.82, 2.24) is 9.55 Å². The second-order valence-corrected chi connectivity index (χ2v) is 9.19. The highest BCUT2D eigenvalue weighted by Crippen LogP contribution is 2.40. The lowest BCUT2D eigenvalue weighted by Crippen LogP contribution is -2.27. The number of aromatic nitrogens is 2. The summed E-state index contributed by atoms with van der Waals surface area (Å²) in [5, 5.41) is 0.863. The maximum Gasteiger partial charge on any atom is 0.419 e. The molecule has 0 N–H and O–H groups in total. The molecule has 0 aliphatic carbocycles. The first-order valence-electron chi connectivity index (χ1n) is 11.1. The average Bonchev–Trinajstić information content (AvgIpc) is 3.06. The number of ether oxygens (including phenoxy) is 3. The van der Waals surface area contributed by atoms with Gasteiger partial charge in [0.25, 0.3) is 0 Å². The predicted molar refractivity (Wildman–Crippen MR) is 128 cm³/mol. The molecule has 0 amide bonds. The lowest BCUT2D eigenvalue weighted by atomic mass is 9.96. The van der Waals surface area contributed by atoms with Gasteiger partial charge in [0, 0.05) is 22.8 Å². The molecule has 0 saturated carbocycles. The molecule has 0 bridgehead atoms. The smallest absolute Gasteiger partial charge is 0.419 e. The normalized spacial score (nSPS) is 11.6. The largest absolute Gasteiger partial charge is 0.482 e. The van der Waals surface area contributed by atoms with Crippen LogP contribution in [0.5, 0.6) is 5.75 Å². The summed E-state index contributed by atoms with van der Waals surface area (Å²) in [6.45, 7) is 13.5. The fraction of sp³-hybridized carbons (Fsp3) is 0.423. The van der Waals surface area contributed by atoms with Crippen LogP contribution in [0.3, 0.4) is 0 Å². The molecule has 2 heterocycles. The van der Waals surface area contributed by atoms with Gasteiger partial charge >= 0.3 is 12.1 Å². The number of hydrogen-bond donors (Lipinski definition) is 0. The molecule has 0 aliphatic rings. The Morgan fingerprint density at radius 1 is 1.12 bits per heavy atom. The first-order chi connectivity index (χ1) is 15.5. The van der Waals surface area contributed by atoms with E-state index in [2.05, 4.69) is 18.8 Å². The van der Waals surface area contributed by atoms with E-state index < -0.39 is 17.7 Å². The summed E-state index contributed by atoms with van der Waals surface area (Å²) < 4.78 is 18.0. The van der Waals surface area contributed by atoms with Gasteiger partial charge in [0.2, 0.25) is 0 Å². The van der Waals surface area contributed by atoms with Crippen LogP contribution in [-0.2, 0) is 14.3 Å². The monoisotopic (exact) mass is 452 g/mol. The minimum Gasteiger partial charge on any atom is -0.482 e. The van der Waals surface area contributed by atoms with Crippen molar-refractivity contribution in [2.45, 2.75) is 60.0 Å². The highest BCUT2D eigenvalue weighted by atomic mass is 16.6. The summed E-state index contributed by atoms with van der Waals surface area (Å²) in [7, 11) is 0. The van der Waals surface area contributed by atoms with Crippen LogP contribution >= 0.6 is 0 Å². The molecular weight excluding hydrogens is 420 g/mol. The number of benzene rings is 1. The van der Waals surface area contributed by atoms with Gasteiger partial charge in [-0.1, -0.05) is 13.8 Å². The van der Waals surface area contributed by atoms with Crippen LogP contribution in [-0.4, -0.2) is 40.4 Å². The van der Waals surface area contributed by atoms with Gasteiger partial charge in [-0.3, -0.25) is 4.98 Å². The Labute approximate surface area is 194 Å². The van der Waals surface area contributed by atoms with Crippen LogP contribution in [0.25, 0.3) is 22.2 Å². The Morgan fingerprint density at radius 3 is 2.45 bits per heavy atom. The van der Waals surface area contributed by atoms with E-state index in [0.717, 1.165) is 27.9 Å². The quantitative estimate of drug-likeness (QED) is 0.436. The van der Waals surface area contributed by atoms with Gasteiger partial charge in [0.1, 0.15) is 11.4 Å². The van der Waals surface area contributed by atoms with Crippen molar-refractivity contribution in [3.8, 4) is 17.0 Å². The number of pyridine rings is 1. The predicted octanol–water partition coefficient (Wildman–Crippen LogP) is 5.86. The second kappa shape index (κ2) is 9.65. The molecule has 7 heteroatoms. The molecule has 0 fully saturated rings. The SMILES string of the molecule is CCOC(=O)COc1ccc2c(c1)c(C(C)C)c(-c1ccnc(C)c1)n2C(=O)OC(C)(C)C. The Morgan fingerprint density at radius 2 is 1.85 bits per heavy atom. The molecule has 0 atom stereocenters. The number of aryl methyl sites for hydroxylation is 1. The van der Waals surface area contributed by atoms with Crippen LogP contribution < -0.4 is 4.74 Å². The van der Waals surface area contributed by atoms with Gasteiger partial charge in [-0.15, -0.1) is 0 Å². The molecule has 0 spiro atoms. The van der Waals surface area contributed by atoms with Gasteiger partial charge in [0.15, 0.2) is 6.61 Å².